The molecule has 0 unspecified atom stereocenters. The molecule has 1 heterocycles. The molecule has 0 radical (unpaired) electrons. The third-order valence-electron chi connectivity index (χ3n) is 3.81. The number of aliphatic hydroxyl groups excluding tert-OH is 12. The molecule has 0 saturated carbocycles. The Kier molecular flexibility index (Phi) is 33.8. The van der Waals surface area contributed by atoms with Crippen molar-refractivity contribution in [3.63, 3.8) is 0 Å². The summed E-state index contributed by atoms with van der Waals surface area (Å²) in [6, 6.07) is 1.10. The SMILES string of the molecule is Nc1cc(=O)[nH]c(=O)[nH]1.O=C([O-])[O-].OC[C@@H](O)[C@@H](O)[C@H](O)[C@H](O)CO.OC[C@@H](O)[C@@H](O)[C@H](O)[C@H](O)CO.[Na+].[Na+]. The summed E-state index contributed by atoms with van der Waals surface area (Å²) in [5.41, 5.74) is 4.01. The summed E-state index contributed by atoms with van der Waals surface area (Å²) in [4.78, 5) is 33.2. The van der Waals surface area contributed by atoms with Crippen molar-refractivity contribution in [3.05, 3.63) is 26.9 Å². The number of rotatable bonds is 10. The number of anilines is 1. The molecule has 0 amide bonds. The Hall–Kier alpha value is -0.730. The number of nitrogens with two attached hydrogens (primary N) is 1. The van der Waals surface area contributed by atoms with Gasteiger partial charge in [-0.1, -0.05) is 0 Å². The van der Waals surface area contributed by atoms with Crippen LogP contribution in [0.25, 0.3) is 0 Å². The van der Waals surface area contributed by atoms with Crippen molar-refractivity contribution in [1.82, 2.24) is 9.97 Å². The van der Waals surface area contributed by atoms with Crippen molar-refractivity contribution in [2.24, 2.45) is 0 Å². The second kappa shape index (κ2) is 27.4. The van der Waals surface area contributed by atoms with Crippen LogP contribution in [0.15, 0.2) is 15.7 Å². The smallest absolute Gasteiger partial charge is 0.652 e. The van der Waals surface area contributed by atoms with Crippen LogP contribution >= 0.6 is 0 Å². The zero-order valence-electron chi connectivity index (χ0n) is 21.0. The first-order valence-electron chi connectivity index (χ1n) is 9.85. The van der Waals surface area contributed by atoms with Gasteiger partial charge in [0, 0.05) is 6.07 Å². The summed E-state index contributed by atoms with van der Waals surface area (Å²) in [5, 5.41) is 121. The molecule has 1 aromatic heterocycles. The van der Waals surface area contributed by atoms with Gasteiger partial charge < -0.3 is 82.0 Å². The maximum Gasteiger partial charge on any atom is 1.00 e. The van der Waals surface area contributed by atoms with Gasteiger partial charge >= 0.3 is 64.8 Å². The van der Waals surface area contributed by atoms with Gasteiger partial charge in [-0.15, -0.1) is 0 Å². The Labute approximate surface area is 263 Å². The minimum atomic E-state index is -2.33. The van der Waals surface area contributed by atoms with E-state index in [2.05, 4.69) is 4.98 Å². The van der Waals surface area contributed by atoms with Crippen molar-refractivity contribution < 1.29 is 135 Å². The molecule has 1 rings (SSSR count). The second-order valence-corrected chi connectivity index (χ2v) is 6.76. The quantitative estimate of drug-likeness (QED) is 0.111. The molecule has 0 aromatic carbocycles. The normalized spacial score (nSPS) is 16.0. The van der Waals surface area contributed by atoms with Crippen molar-refractivity contribution in [2.45, 2.75) is 48.8 Å². The first kappa shape index (κ1) is 48.0. The Bertz CT molecular complexity index is 744. The summed E-state index contributed by atoms with van der Waals surface area (Å²) in [5.74, 6) is 0.0729. The number of H-pyrrole nitrogens is 2. The minimum Gasteiger partial charge on any atom is -0.652 e. The van der Waals surface area contributed by atoms with E-state index in [-0.39, 0.29) is 64.9 Å². The van der Waals surface area contributed by atoms with E-state index in [1.807, 2.05) is 4.98 Å². The number of aliphatic hydroxyl groups is 12. The molecule has 22 heteroatoms. The van der Waals surface area contributed by atoms with Gasteiger partial charge in [0.2, 0.25) is 0 Å². The second-order valence-electron chi connectivity index (χ2n) is 6.76. The Morgan fingerprint density at radius 3 is 1.05 bits per heavy atom. The summed E-state index contributed by atoms with van der Waals surface area (Å²) < 4.78 is 0. The van der Waals surface area contributed by atoms with Crippen LogP contribution in [0.1, 0.15) is 0 Å². The Morgan fingerprint density at radius 1 is 0.667 bits per heavy atom. The number of nitrogens with one attached hydrogen (secondary N) is 2. The standard InChI is InChI=1S/2C6H14O6.C4H5N3O2.CH2O3.2Na/c2*7-1-3(9)5(11)6(12)4(10)2-8;5-2-1-3(8)7-4(9)6-2;2-1(3)4;;/h2*3-12H,1-2H2;1H,(H4,5,6,7,8,9);(H2,2,3,4);;/q;;;;2*+1/p-2/t2*3-,4-,5-,6-;;;;/m11..../s1. The first-order valence-corrected chi connectivity index (χ1v) is 9.85. The number of carbonyl (C=O) groups excluding carboxylic acids is 1. The fourth-order valence-electron chi connectivity index (χ4n) is 1.83. The Morgan fingerprint density at radius 2 is 0.897 bits per heavy atom. The summed E-state index contributed by atoms with van der Waals surface area (Å²) in [7, 11) is 0. The number of hydrogen-bond acceptors (Lipinski definition) is 18. The maximum absolute atomic E-state index is 10.4. The van der Waals surface area contributed by atoms with Gasteiger partial charge in [0.15, 0.2) is 0 Å². The van der Waals surface area contributed by atoms with E-state index >= 15 is 0 Å². The molecule has 0 saturated heterocycles. The summed E-state index contributed by atoms with van der Waals surface area (Å²) in [6.45, 7) is -2.90. The average molecular weight is 597 g/mol. The van der Waals surface area contributed by atoms with Gasteiger partial charge in [0.05, 0.1) is 26.4 Å². The molecule has 39 heavy (non-hydrogen) atoms. The van der Waals surface area contributed by atoms with Gasteiger partial charge in [-0.25, -0.2) is 4.79 Å². The average Bonchev–Trinajstić information content (AvgIpc) is 2.84. The van der Waals surface area contributed by atoms with Crippen LogP contribution in [0, 0.1) is 0 Å². The van der Waals surface area contributed by atoms with E-state index < -0.39 is 92.7 Å². The number of nitrogen functional groups attached to an aromatic ring is 1. The first-order chi connectivity index (χ1) is 17.0. The number of carbonyl (C=O) groups is 1. The van der Waals surface area contributed by atoms with Crippen LogP contribution in [-0.4, -0.2) is 153 Å². The number of aromatic nitrogens is 2. The third-order valence-corrected chi connectivity index (χ3v) is 3.81. The molecule has 0 bridgehead atoms. The van der Waals surface area contributed by atoms with E-state index in [9.17, 15) is 9.59 Å². The largest absolute Gasteiger partial charge is 1.00 e. The van der Waals surface area contributed by atoms with E-state index in [0.29, 0.717) is 0 Å². The van der Waals surface area contributed by atoms with Crippen molar-refractivity contribution in [2.75, 3.05) is 32.2 Å². The molecule has 20 nitrogen and oxygen atoms in total. The van der Waals surface area contributed by atoms with Gasteiger partial charge in [-0.3, -0.25) is 14.8 Å². The molecule has 0 aliphatic heterocycles. The van der Waals surface area contributed by atoms with Crippen molar-refractivity contribution in [3.8, 4) is 0 Å². The number of carboxylic acid groups (broad SMARTS) is 2. The fourth-order valence-corrected chi connectivity index (χ4v) is 1.83. The molecule has 1 aromatic rings. The third kappa shape index (κ3) is 24.8. The molecule has 0 spiro atoms. The topological polar surface area (TPSA) is 398 Å². The molecular weight excluding hydrogens is 564 g/mol. The summed E-state index contributed by atoms with van der Waals surface area (Å²) in [6.07, 6.45) is -15.1. The predicted molar refractivity (Wildman–Crippen MR) is 114 cm³/mol. The molecular formula is C17H33N3Na2O17. The molecule has 8 atom stereocenters. The minimum absolute atomic E-state index is 0. The van der Waals surface area contributed by atoms with E-state index in [4.69, 9.17) is 82.0 Å². The van der Waals surface area contributed by atoms with Crippen LogP contribution in [0.5, 0.6) is 0 Å². The van der Waals surface area contributed by atoms with Gasteiger partial charge in [0.1, 0.15) is 54.6 Å². The molecule has 220 valence electrons. The molecule has 0 fully saturated rings. The van der Waals surface area contributed by atoms with E-state index in [0.717, 1.165) is 6.07 Å². The van der Waals surface area contributed by atoms with Crippen LogP contribution in [0.3, 0.4) is 0 Å². The van der Waals surface area contributed by atoms with Gasteiger partial charge in [-0.05, 0) is 6.16 Å². The van der Waals surface area contributed by atoms with Crippen molar-refractivity contribution >= 4 is 12.0 Å². The number of hydrogen-bond donors (Lipinski definition) is 15. The van der Waals surface area contributed by atoms with Crippen molar-refractivity contribution in [1.29, 1.82) is 0 Å². The zero-order valence-corrected chi connectivity index (χ0v) is 25.0. The van der Waals surface area contributed by atoms with Crippen LogP contribution < -0.4 is 86.3 Å². The van der Waals surface area contributed by atoms with Gasteiger partial charge in [0.25, 0.3) is 5.56 Å². The molecule has 0 aliphatic carbocycles. The van der Waals surface area contributed by atoms with Crippen LogP contribution in [-0.2, 0) is 0 Å². The van der Waals surface area contributed by atoms with E-state index in [1.165, 1.54) is 0 Å². The van der Waals surface area contributed by atoms with Crippen LogP contribution in [0.4, 0.5) is 10.6 Å². The van der Waals surface area contributed by atoms with E-state index in [1.54, 1.807) is 0 Å². The zero-order chi connectivity index (χ0) is 29.9. The Balaban J connectivity index is -0.000000136. The number of aromatic amines is 2. The fraction of sp³-hybridized carbons (Fsp3) is 0.706. The molecule has 16 N–H and O–H groups in total. The summed E-state index contributed by atoms with van der Waals surface area (Å²) >= 11 is 0. The predicted octanol–water partition coefficient (Wildman–Crippen LogP) is -17.0. The van der Waals surface area contributed by atoms with Crippen LogP contribution in [0.2, 0.25) is 0 Å². The molecule has 0 aliphatic rings. The maximum atomic E-state index is 10.4. The monoisotopic (exact) mass is 597 g/mol. The van der Waals surface area contributed by atoms with Gasteiger partial charge in [-0.2, -0.15) is 0 Å².